The minimum Gasteiger partial charge on any atom is -0.467 e. The maximum Gasteiger partial charge on any atom is 0.407 e. The van der Waals surface area contributed by atoms with Crippen LogP contribution in [0.15, 0.2) is 84.9 Å². The molecule has 0 bridgehead atoms. The molecule has 3 aromatic carbocycles. The van der Waals surface area contributed by atoms with Crippen LogP contribution in [0.2, 0.25) is 0 Å². The highest BCUT2D eigenvalue weighted by Gasteiger charge is 2.21. The lowest BCUT2D eigenvalue weighted by Crippen LogP contribution is -2.43. The van der Waals surface area contributed by atoms with Crippen LogP contribution in [0.5, 0.6) is 0 Å². The molecule has 0 aliphatic rings. The summed E-state index contributed by atoms with van der Waals surface area (Å²) in [4.78, 5) is 36.5. The molecule has 2 amide bonds. The van der Waals surface area contributed by atoms with E-state index in [1.54, 1.807) is 0 Å². The van der Waals surface area contributed by atoms with Gasteiger partial charge < -0.3 is 20.1 Å². The maximum absolute atomic E-state index is 12.5. The second-order valence-corrected chi connectivity index (χ2v) is 8.71. The van der Waals surface area contributed by atoms with Crippen molar-refractivity contribution in [2.75, 3.05) is 13.7 Å². The Morgan fingerprint density at radius 3 is 2.08 bits per heavy atom. The highest BCUT2D eigenvalue weighted by molar-refractivity contribution is 5.84. The summed E-state index contributed by atoms with van der Waals surface area (Å²) < 4.78 is 10.1. The number of ether oxygens (including phenoxy) is 2. The van der Waals surface area contributed by atoms with Gasteiger partial charge in [0.05, 0.1) is 7.11 Å². The average molecular weight is 503 g/mol. The fourth-order valence-corrected chi connectivity index (χ4v) is 3.85. The van der Waals surface area contributed by atoms with E-state index in [0.717, 1.165) is 35.1 Å². The third-order valence-corrected chi connectivity index (χ3v) is 5.88. The van der Waals surface area contributed by atoms with E-state index in [9.17, 15) is 14.4 Å². The molecule has 0 unspecified atom stereocenters. The topological polar surface area (TPSA) is 93.7 Å². The third kappa shape index (κ3) is 9.80. The van der Waals surface area contributed by atoms with E-state index in [2.05, 4.69) is 10.6 Å². The highest BCUT2D eigenvalue weighted by Crippen LogP contribution is 2.20. The first-order valence-electron chi connectivity index (χ1n) is 12.5. The SMILES string of the molecule is COC(=O)[C@H](Cc1ccc(-c2ccccc2)cc1)NC(=O)CCCCCNC(=O)OCc1ccccc1. The van der Waals surface area contributed by atoms with E-state index >= 15 is 0 Å². The second-order valence-electron chi connectivity index (χ2n) is 8.71. The molecular formula is C30H34N2O5. The molecule has 0 radical (unpaired) electrons. The summed E-state index contributed by atoms with van der Waals surface area (Å²) >= 11 is 0. The standard InChI is InChI=1S/C30H34N2O5/c1-36-29(34)27(21-23-16-18-26(19-17-23)25-13-7-3-8-14-25)32-28(33)15-9-4-10-20-31-30(35)37-22-24-11-5-2-6-12-24/h2-3,5-8,11-14,16-19,27H,4,9-10,15,20-22H2,1H3,(H,31,35)(H,32,33)/t27-/m0/s1. The van der Waals surface area contributed by atoms with Crippen LogP contribution >= 0.6 is 0 Å². The molecule has 0 aromatic heterocycles. The Hall–Kier alpha value is -4.13. The summed E-state index contributed by atoms with van der Waals surface area (Å²) in [6.45, 7) is 0.699. The van der Waals surface area contributed by atoms with E-state index in [4.69, 9.17) is 9.47 Å². The summed E-state index contributed by atoms with van der Waals surface area (Å²) in [5, 5.41) is 5.52. The summed E-state index contributed by atoms with van der Waals surface area (Å²) in [7, 11) is 1.32. The molecule has 0 spiro atoms. The quantitative estimate of drug-likeness (QED) is 0.252. The summed E-state index contributed by atoms with van der Waals surface area (Å²) in [5.74, 6) is -0.676. The largest absolute Gasteiger partial charge is 0.467 e. The molecule has 0 aliphatic heterocycles. The molecule has 7 heteroatoms. The van der Waals surface area contributed by atoms with Crippen LogP contribution in [-0.2, 0) is 32.1 Å². The number of benzene rings is 3. The van der Waals surface area contributed by atoms with Crippen molar-refractivity contribution in [1.82, 2.24) is 10.6 Å². The number of carbonyl (C=O) groups excluding carboxylic acids is 3. The van der Waals surface area contributed by atoms with Gasteiger partial charge in [-0.25, -0.2) is 9.59 Å². The van der Waals surface area contributed by atoms with Gasteiger partial charge in [0.1, 0.15) is 12.6 Å². The summed E-state index contributed by atoms with van der Waals surface area (Å²) in [6.07, 6.45) is 2.31. The van der Waals surface area contributed by atoms with Gasteiger partial charge in [-0.2, -0.15) is 0 Å². The van der Waals surface area contributed by atoms with Gasteiger partial charge >= 0.3 is 12.1 Å². The molecule has 0 heterocycles. The highest BCUT2D eigenvalue weighted by atomic mass is 16.5. The van der Waals surface area contributed by atoms with Crippen LogP contribution in [0.1, 0.15) is 36.8 Å². The molecule has 0 fully saturated rings. The minimum atomic E-state index is -0.749. The number of alkyl carbamates (subject to hydrolysis) is 1. The molecule has 0 saturated heterocycles. The first-order chi connectivity index (χ1) is 18.0. The van der Waals surface area contributed by atoms with Crippen molar-refractivity contribution < 1.29 is 23.9 Å². The summed E-state index contributed by atoms with van der Waals surface area (Å²) in [6, 6.07) is 26.7. The molecule has 194 valence electrons. The molecule has 0 saturated carbocycles. The molecule has 2 N–H and O–H groups in total. The predicted octanol–water partition coefficient (Wildman–Crippen LogP) is 5.04. The zero-order chi connectivity index (χ0) is 26.3. The van der Waals surface area contributed by atoms with Crippen molar-refractivity contribution in [2.24, 2.45) is 0 Å². The maximum atomic E-state index is 12.5. The van der Waals surface area contributed by atoms with Gasteiger partial charge in [-0.15, -0.1) is 0 Å². The number of unbranched alkanes of at least 4 members (excludes halogenated alkanes) is 2. The van der Waals surface area contributed by atoms with Gasteiger partial charge in [-0.05, 0) is 35.1 Å². The Morgan fingerprint density at radius 2 is 1.41 bits per heavy atom. The van der Waals surface area contributed by atoms with Crippen molar-refractivity contribution in [1.29, 1.82) is 0 Å². The first kappa shape index (κ1) is 27.5. The number of nitrogens with one attached hydrogen (secondary N) is 2. The Kier molecular flexibility index (Phi) is 11.2. The van der Waals surface area contributed by atoms with Crippen molar-refractivity contribution in [2.45, 2.75) is 44.8 Å². The fourth-order valence-electron chi connectivity index (χ4n) is 3.85. The number of hydrogen-bond acceptors (Lipinski definition) is 5. The zero-order valence-electron chi connectivity index (χ0n) is 21.2. The van der Waals surface area contributed by atoms with E-state index < -0.39 is 18.1 Å². The van der Waals surface area contributed by atoms with E-state index in [0.29, 0.717) is 25.8 Å². The Labute approximate surface area is 218 Å². The number of esters is 1. The smallest absolute Gasteiger partial charge is 0.407 e. The number of methoxy groups -OCH3 is 1. The van der Waals surface area contributed by atoms with Crippen LogP contribution in [0.25, 0.3) is 11.1 Å². The number of hydrogen-bond donors (Lipinski definition) is 2. The Bertz CT molecular complexity index is 1120. The normalized spacial score (nSPS) is 11.3. The van der Waals surface area contributed by atoms with Crippen molar-refractivity contribution in [3.05, 3.63) is 96.1 Å². The van der Waals surface area contributed by atoms with Crippen LogP contribution in [0.3, 0.4) is 0 Å². The van der Waals surface area contributed by atoms with Gasteiger partial charge in [0, 0.05) is 19.4 Å². The van der Waals surface area contributed by atoms with E-state index in [1.807, 2.05) is 84.9 Å². The lowest BCUT2D eigenvalue weighted by molar-refractivity contribution is -0.145. The van der Waals surface area contributed by atoms with E-state index in [1.165, 1.54) is 7.11 Å². The fraction of sp³-hybridized carbons (Fsp3) is 0.300. The number of amides is 2. The number of carbonyl (C=O) groups is 3. The van der Waals surface area contributed by atoms with Crippen molar-refractivity contribution >= 4 is 18.0 Å². The van der Waals surface area contributed by atoms with Gasteiger partial charge in [-0.1, -0.05) is 91.3 Å². The lowest BCUT2D eigenvalue weighted by atomic mass is 10.0. The van der Waals surface area contributed by atoms with Crippen LogP contribution in [-0.4, -0.2) is 37.7 Å². The average Bonchev–Trinajstić information content (AvgIpc) is 2.94. The van der Waals surface area contributed by atoms with Gasteiger partial charge in [-0.3, -0.25) is 4.79 Å². The van der Waals surface area contributed by atoms with Crippen molar-refractivity contribution in [3.63, 3.8) is 0 Å². The van der Waals surface area contributed by atoms with Gasteiger partial charge in [0.2, 0.25) is 5.91 Å². The Morgan fingerprint density at radius 1 is 0.757 bits per heavy atom. The zero-order valence-corrected chi connectivity index (χ0v) is 21.2. The molecule has 3 aromatic rings. The van der Waals surface area contributed by atoms with Crippen LogP contribution in [0, 0.1) is 0 Å². The molecule has 7 nitrogen and oxygen atoms in total. The number of rotatable bonds is 13. The van der Waals surface area contributed by atoms with E-state index in [-0.39, 0.29) is 12.5 Å². The van der Waals surface area contributed by atoms with Crippen LogP contribution in [0.4, 0.5) is 4.79 Å². The second kappa shape index (κ2) is 15.1. The predicted molar refractivity (Wildman–Crippen MR) is 143 cm³/mol. The third-order valence-electron chi connectivity index (χ3n) is 5.88. The Balaban J connectivity index is 1.34. The van der Waals surface area contributed by atoms with Crippen molar-refractivity contribution in [3.8, 4) is 11.1 Å². The first-order valence-corrected chi connectivity index (χ1v) is 12.5. The van der Waals surface area contributed by atoms with Gasteiger partial charge in [0.25, 0.3) is 0 Å². The minimum absolute atomic E-state index is 0.202. The molecule has 1 atom stereocenters. The molecule has 3 rings (SSSR count). The molecular weight excluding hydrogens is 468 g/mol. The molecule has 0 aliphatic carbocycles. The monoisotopic (exact) mass is 502 g/mol. The summed E-state index contributed by atoms with van der Waals surface area (Å²) in [5.41, 5.74) is 4.06. The lowest BCUT2D eigenvalue weighted by Gasteiger charge is -2.17. The van der Waals surface area contributed by atoms with Crippen LogP contribution < -0.4 is 10.6 Å². The van der Waals surface area contributed by atoms with Gasteiger partial charge in [0.15, 0.2) is 0 Å². The molecule has 37 heavy (non-hydrogen) atoms.